The third kappa shape index (κ3) is 3.97. The number of carbonyl (C=O) groups excluding carboxylic acids is 1. The van der Waals surface area contributed by atoms with Crippen molar-refractivity contribution in [3.63, 3.8) is 0 Å². The molecule has 20 heavy (non-hydrogen) atoms. The number of hydrogen-bond acceptors (Lipinski definition) is 2. The summed E-state index contributed by atoms with van der Waals surface area (Å²) in [7, 11) is 1.93. The smallest absolute Gasteiger partial charge is 0.253 e. The Labute approximate surface area is 127 Å². The van der Waals surface area contributed by atoms with Gasteiger partial charge in [0.1, 0.15) is 0 Å². The number of nitrogens with zero attached hydrogens (tertiary/aromatic N) is 1. The summed E-state index contributed by atoms with van der Waals surface area (Å²) in [6.45, 7) is 2.80. The van der Waals surface area contributed by atoms with Crippen molar-refractivity contribution in [1.82, 2.24) is 4.90 Å². The second kappa shape index (κ2) is 7.65. The summed E-state index contributed by atoms with van der Waals surface area (Å²) >= 11 is 0. The van der Waals surface area contributed by atoms with Crippen molar-refractivity contribution >= 4 is 18.3 Å². The third-order valence-electron chi connectivity index (χ3n) is 4.21. The maximum Gasteiger partial charge on any atom is 0.253 e. The molecule has 0 aliphatic heterocycles. The van der Waals surface area contributed by atoms with Gasteiger partial charge in [-0.15, -0.1) is 12.4 Å². The van der Waals surface area contributed by atoms with E-state index in [0.717, 1.165) is 29.9 Å². The van der Waals surface area contributed by atoms with Gasteiger partial charge in [0.15, 0.2) is 0 Å². The van der Waals surface area contributed by atoms with Crippen LogP contribution < -0.4 is 5.73 Å². The van der Waals surface area contributed by atoms with Gasteiger partial charge in [0.2, 0.25) is 0 Å². The lowest BCUT2D eigenvalue weighted by atomic mass is 9.86. The minimum absolute atomic E-state index is 0. The molecule has 0 aromatic heterocycles. The maximum atomic E-state index is 12.4. The van der Waals surface area contributed by atoms with Crippen molar-refractivity contribution in [2.45, 2.75) is 45.2 Å². The SMILES string of the molecule is CC1CCCC(N(C)C(=O)c2ccc(CN)cc2)C1.Cl. The number of benzene rings is 1. The largest absolute Gasteiger partial charge is 0.339 e. The Morgan fingerprint density at radius 2 is 1.95 bits per heavy atom. The molecule has 0 saturated heterocycles. The van der Waals surface area contributed by atoms with E-state index >= 15 is 0 Å². The first-order valence-electron chi connectivity index (χ1n) is 7.18. The highest BCUT2D eigenvalue weighted by Gasteiger charge is 2.25. The maximum absolute atomic E-state index is 12.4. The fourth-order valence-electron chi connectivity index (χ4n) is 2.91. The molecule has 1 aromatic rings. The summed E-state index contributed by atoms with van der Waals surface area (Å²) in [4.78, 5) is 14.4. The van der Waals surface area contributed by atoms with Crippen molar-refractivity contribution in [2.24, 2.45) is 11.7 Å². The highest BCUT2D eigenvalue weighted by Crippen LogP contribution is 2.27. The molecule has 2 rings (SSSR count). The van der Waals surface area contributed by atoms with E-state index in [1.54, 1.807) is 0 Å². The minimum atomic E-state index is 0. The minimum Gasteiger partial charge on any atom is -0.339 e. The van der Waals surface area contributed by atoms with Gasteiger partial charge < -0.3 is 10.6 Å². The molecule has 1 aromatic carbocycles. The van der Waals surface area contributed by atoms with Crippen LogP contribution in [0.5, 0.6) is 0 Å². The first kappa shape index (κ1) is 17.0. The van der Waals surface area contributed by atoms with Gasteiger partial charge in [-0.1, -0.05) is 31.9 Å². The molecule has 1 amide bonds. The number of hydrogen-bond donors (Lipinski definition) is 1. The lowest BCUT2D eigenvalue weighted by Crippen LogP contribution is -2.39. The highest BCUT2D eigenvalue weighted by atomic mass is 35.5. The topological polar surface area (TPSA) is 46.3 Å². The molecule has 112 valence electrons. The van der Waals surface area contributed by atoms with E-state index in [2.05, 4.69) is 6.92 Å². The molecule has 0 spiro atoms. The number of carbonyl (C=O) groups is 1. The lowest BCUT2D eigenvalue weighted by Gasteiger charge is -2.34. The summed E-state index contributed by atoms with van der Waals surface area (Å²) in [6.07, 6.45) is 4.79. The van der Waals surface area contributed by atoms with Gasteiger partial charge in [0.05, 0.1) is 0 Å². The quantitative estimate of drug-likeness (QED) is 0.931. The molecule has 1 fully saturated rings. The zero-order valence-electron chi connectivity index (χ0n) is 12.3. The van der Waals surface area contributed by atoms with E-state index in [1.807, 2.05) is 36.2 Å². The van der Waals surface area contributed by atoms with Gasteiger partial charge in [-0.25, -0.2) is 0 Å². The fraction of sp³-hybridized carbons (Fsp3) is 0.562. The Morgan fingerprint density at radius 1 is 1.30 bits per heavy atom. The summed E-state index contributed by atoms with van der Waals surface area (Å²) in [5, 5.41) is 0. The van der Waals surface area contributed by atoms with Gasteiger partial charge >= 0.3 is 0 Å². The zero-order chi connectivity index (χ0) is 13.8. The number of rotatable bonds is 3. The molecule has 2 N–H and O–H groups in total. The van der Waals surface area contributed by atoms with Gasteiger partial charge in [-0.3, -0.25) is 4.79 Å². The second-order valence-electron chi connectivity index (χ2n) is 5.74. The van der Waals surface area contributed by atoms with E-state index < -0.39 is 0 Å². The molecule has 0 heterocycles. The average molecular weight is 297 g/mol. The molecular formula is C16H25ClN2O. The summed E-state index contributed by atoms with van der Waals surface area (Å²) in [6, 6.07) is 8.03. The number of halogens is 1. The molecule has 2 unspecified atom stereocenters. The molecule has 4 heteroatoms. The average Bonchev–Trinajstić information content (AvgIpc) is 2.46. The number of nitrogens with two attached hydrogens (primary N) is 1. The van der Waals surface area contributed by atoms with E-state index in [-0.39, 0.29) is 18.3 Å². The van der Waals surface area contributed by atoms with Crippen molar-refractivity contribution in [1.29, 1.82) is 0 Å². The van der Waals surface area contributed by atoms with Crippen molar-refractivity contribution < 1.29 is 4.79 Å². The Balaban J connectivity index is 0.00000200. The fourth-order valence-corrected chi connectivity index (χ4v) is 2.91. The molecule has 1 aliphatic rings. The molecule has 0 radical (unpaired) electrons. The predicted molar refractivity (Wildman–Crippen MR) is 85.1 cm³/mol. The monoisotopic (exact) mass is 296 g/mol. The summed E-state index contributed by atoms with van der Waals surface area (Å²) < 4.78 is 0. The second-order valence-corrected chi connectivity index (χ2v) is 5.74. The Hall–Kier alpha value is -1.06. The van der Waals surface area contributed by atoms with Crippen molar-refractivity contribution in [3.05, 3.63) is 35.4 Å². The number of amides is 1. The van der Waals surface area contributed by atoms with Crippen LogP contribution in [0, 0.1) is 5.92 Å². The van der Waals surface area contributed by atoms with Crippen LogP contribution in [-0.4, -0.2) is 23.9 Å². The normalized spacial score (nSPS) is 21.9. The first-order valence-corrected chi connectivity index (χ1v) is 7.18. The standard InChI is InChI=1S/C16H24N2O.ClH/c1-12-4-3-5-15(10-12)18(2)16(19)14-8-6-13(11-17)7-9-14;/h6-9,12,15H,3-5,10-11,17H2,1-2H3;1H. The summed E-state index contributed by atoms with van der Waals surface area (Å²) in [5.41, 5.74) is 7.40. The molecule has 2 atom stereocenters. The Kier molecular flexibility index (Phi) is 6.50. The predicted octanol–water partition coefficient (Wildman–Crippen LogP) is 3.22. The molecule has 1 aliphatic carbocycles. The van der Waals surface area contributed by atoms with E-state index in [0.29, 0.717) is 12.6 Å². The van der Waals surface area contributed by atoms with Gasteiger partial charge in [0.25, 0.3) is 5.91 Å². The van der Waals surface area contributed by atoms with Crippen LogP contribution in [0.15, 0.2) is 24.3 Å². The van der Waals surface area contributed by atoms with Crippen LogP contribution >= 0.6 is 12.4 Å². The van der Waals surface area contributed by atoms with Crippen LogP contribution in [0.1, 0.15) is 48.5 Å². The van der Waals surface area contributed by atoms with Crippen LogP contribution in [0.4, 0.5) is 0 Å². The van der Waals surface area contributed by atoms with Crippen LogP contribution in [0.3, 0.4) is 0 Å². The van der Waals surface area contributed by atoms with Gasteiger partial charge in [-0.2, -0.15) is 0 Å². The zero-order valence-corrected chi connectivity index (χ0v) is 13.2. The van der Waals surface area contributed by atoms with Gasteiger partial charge in [0, 0.05) is 25.2 Å². The van der Waals surface area contributed by atoms with E-state index in [1.165, 1.54) is 12.8 Å². The molecule has 0 bridgehead atoms. The molecular weight excluding hydrogens is 272 g/mol. The third-order valence-corrected chi connectivity index (χ3v) is 4.21. The Morgan fingerprint density at radius 3 is 2.50 bits per heavy atom. The van der Waals surface area contributed by atoms with Crippen LogP contribution in [0.2, 0.25) is 0 Å². The lowest BCUT2D eigenvalue weighted by molar-refractivity contribution is 0.0672. The molecule has 1 saturated carbocycles. The van der Waals surface area contributed by atoms with E-state index in [4.69, 9.17) is 5.73 Å². The first-order chi connectivity index (χ1) is 9.11. The van der Waals surface area contributed by atoms with Crippen molar-refractivity contribution in [3.8, 4) is 0 Å². The highest BCUT2D eigenvalue weighted by molar-refractivity contribution is 5.94. The van der Waals surface area contributed by atoms with Crippen molar-refractivity contribution in [2.75, 3.05) is 7.05 Å². The van der Waals surface area contributed by atoms with Gasteiger partial charge in [-0.05, 0) is 36.5 Å². The Bertz CT molecular complexity index is 433. The summed E-state index contributed by atoms with van der Waals surface area (Å²) in [5.74, 6) is 0.858. The van der Waals surface area contributed by atoms with E-state index in [9.17, 15) is 4.79 Å². The molecule has 3 nitrogen and oxygen atoms in total. The van der Waals surface area contributed by atoms with Crippen LogP contribution in [0.25, 0.3) is 0 Å². The van der Waals surface area contributed by atoms with Crippen LogP contribution in [-0.2, 0) is 6.54 Å².